The van der Waals surface area contributed by atoms with Gasteiger partial charge in [-0.1, -0.05) is 12.1 Å². The molecular weight excluding hydrogens is 420 g/mol. The van der Waals surface area contributed by atoms with E-state index in [0.29, 0.717) is 31.7 Å². The number of carbonyl (C=O) groups is 1. The fourth-order valence-electron chi connectivity index (χ4n) is 2.84. The summed E-state index contributed by atoms with van der Waals surface area (Å²) < 4.78 is 38.3. The first kappa shape index (κ1) is 24.6. The number of carboxylic acids is 1. The van der Waals surface area contributed by atoms with E-state index in [-0.39, 0.29) is 23.1 Å². The summed E-state index contributed by atoms with van der Waals surface area (Å²) in [4.78, 5) is 11.6. The first-order chi connectivity index (χ1) is 14.7. The van der Waals surface area contributed by atoms with Gasteiger partial charge in [-0.25, -0.2) is 17.9 Å². The summed E-state index contributed by atoms with van der Waals surface area (Å²) in [5.74, 6) is -0.470. The Morgan fingerprint density at radius 3 is 2.42 bits per heavy atom. The summed E-state index contributed by atoms with van der Waals surface area (Å²) in [6.07, 6.45) is 1.33. The van der Waals surface area contributed by atoms with Crippen LogP contribution >= 0.6 is 0 Å². The molecule has 8 nitrogen and oxygen atoms in total. The van der Waals surface area contributed by atoms with Crippen LogP contribution in [0.2, 0.25) is 0 Å². The largest absolute Gasteiger partial charge is 0.497 e. The Hall–Kier alpha value is -2.62. The fourth-order valence-corrected chi connectivity index (χ4v) is 3.90. The van der Waals surface area contributed by atoms with Gasteiger partial charge in [0.15, 0.2) is 0 Å². The maximum absolute atomic E-state index is 12.6. The van der Waals surface area contributed by atoms with Gasteiger partial charge in [-0.15, -0.1) is 0 Å². The summed E-state index contributed by atoms with van der Waals surface area (Å²) in [6.45, 7) is 5.14. The van der Waals surface area contributed by atoms with E-state index in [4.69, 9.17) is 9.47 Å². The van der Waals surface area contributed by atoms with Gasteiger partial charge >= 0.3 is 5.97 Å². The van der Waals surface area contributed by atoms with Crippen molar-refractivity contribution in [1.29, 1.82) is 0 Å². The molecule has 0 bridgehead atoms. The molecule has 3 N–H and O–H groups in total. The van der Waals surface area contributed by atoms with E-state index in [1.54, 1.807) is 7.11 Å². The lowest BCUT2D eigenvalue weighted by molar-refractivity contribution is 0.0697. The molecule has 0 aliphatic heterocycles. The normalized spacial score (nSPS) is 11.5. The molecule has 2 aromatic rings. The summed E-state index contributed by atoms with van der Waals surface area (Å²) in [7, 11) is -2.26. The molecule has 0 aromatic heterocycles. The van der Waals surface area contributed by atoms with Gasteiger partial charge < -0.3 is 19.9 Å². The highest BCUT2D eigenvalue weighted by molar-refractivity contribution is 7.89. The number of aromatic carboxylic acids is 1. The van der Waals surface area contributed by atoms with Crippen LogP contribution in [0.15, 0.2) is 47.4 Å². The second kappa shape index (κ2) is 11.7. The van der Waals surface area contributed by atoms with Gasteiger partial charge in [-0.2, -0.15) is 0 Å². The summed E-state index contributed by atoms with van der Waals surface area (Å²) in [6, 6.07) is 11.4. The first-order valence-electron chi connectivity index (χ1n) is 10.1. The van der Waals surface area contributed by atoms with Crippen molar-refractivity contribution in [2.24, 2.45) is 0 Å². The van der Waals surface area contributed by atoms with Gasteiger partial charge in [0.2, 0.25) is 10.0 Å². The number of sulfonamides is 1. The van der Waals surface area contributed by atoms with Crippen LogP contribution in [0, 0.1) is 0 Å². The number of ether oxygens (including phenoxy) is 2. The summed E-state index contributed by atoms with van der Waals surface area (Å²) >= 11 is 0. The van der Waals surface area contributed by atoms with Crippen molar-refractivity contribution in [3.8, 4) is 5.75 Å². The van der Waals surface area contributed by atoms with Crippen LogP contribution in [0.5, 0.6) is 5.75 Å². The summed E-state index contributed by atoms with van der Waals surface area (Å²) in [5, 5.41) is 12.5. The minimum atomic E-state index is -3.84. The molecule has 31 heavy (non-hydrogen) atoms. The molecule has 0 radical (unpaired) electrons. The molecule has 0 aliphatic rings. The molecule has 9 heteroatoms. The average molecular weight is 451 g/mol. The smallest absolute Gasteiger partial charge is 0.337 e. The molecule has 0 spiro atoms. The van der Waals surface area contributed by atoms with E-state index < -0.39 is 16.0 Å². The van der Waals surface area contributed by atoms with Gasteiger partial charge in [0.25, 0.3) is 0 Å². The zero-order chi connectivity index (χ0) is 22.9. The second-order valence-electron chi connectivity index (χ2n) is 7.21. The van der Waals surface area contributed by atoms with Crippen molar-refractivity contribution in [1.82, 2.24) is 4.72 Å². The number of hydrogen-bond donors (Lipinski definition) is 3. The van der Waals surface area contributed by atoms with E-state index in [2.05, 4.69) is 10.0 Å². The third-order valence-corrected chi connectivity index (χ3v) is 5.94. The van der Waals surface area contributed by atoms with E-state index in [1.807, 2.05) is 38.1 Å². The molecule has 0 atom stereocenters. The molecule has 0 heterocycles. The molecule has 0 fully saturated rings. The van der Waals surface area contributed by atoms with Gasteiger partial charge in [0, 0.05) is 25.4 Å². The van der Waals surface area contributed by atoms with E-state index in [9.17, 15) is 18.3 Å². The molecule has 0 saturated carbocycles. The van der Waals surface area contributed by atoms with Gasteiger partial charge in [-0.3, -0.25) is 0 Å². The number of nitrogens with one attached hydrogen (secondary N) is 2. The third kappa shape index (κ3) is 7.86. The van der Waals surface area contributed by atoms with Crippen LogP contribution < -0.4 is 14.8 Å². The highest BCUT2D eigenvalue weighted by Crippen LogP contribution is 2.21. The molecule has 2 aromatic carbocycles. The second-order valence-corrected chi connectivity index (χ2v) is 8.98. The Morgan fingerprint density at radius 1 is 1.10 bits per heavy atom. The standard InChI is InChI=1S/C22H30N2O6S/c1-16(2)30-14-4-12-23-21-10-9-19(15-20(21)22(25)26)31(27,28)24-13-11-17-5-7-18(29-3)8-6-17/h5-10,15-16,23-24H,4,11-14H2,1-3H3,(H,25,26). The molecular formula is C22H30N2O6S. The van der Waals surface area contributed by atoms with Crippen LogP contribution in [0.4, 0.5) is 5.69 Å². The molecule has 170 valence electrons. The quantitative estimate of drug-likeness (QED) is 0.402. The Balaban J connectivity index is 1.99. The van der Waals surface area contributed by atoms with Crippen molar-refractivity contribution in [2.45, 2.75) is 37.7 Å². The maximum Gasteiger partial charge on any atom is 0.337 e. The van der Waals surface area contributed by atoms with Gasteiger partial charge in [0.05, 0.1) is 23.7 Å². The van der Waals surface area contributed by atoms with Crippen LogP contribution in [0.1, 0.15) is 36.2 Å². The van der Waals surface area contributed by atoms with Crippen molar-refractivity contribution >= 4 is 21.7 Å². The molecule has 0 aliphatic carbocycles. The van der Waals surface area contributed by atoms with Crippen molar-refractivity contribution in [3.63, 3.8) is 0 Å². The van der Waals surface area contributed by atoms with Crippen molar-refractivity contribution < 1.29 is 27.8 Å². The lowest BCUT2D eigenvalue weighted by Gasteiger charge is -2.13. The van der Waals surface area contributed by atoms with Gasteiger partial charge in [-0.05, 0) is 62.6 Å². The fraction of sp³-hybridized carbons (Fsp3) is 0.409. The number of carboxylic acid groups (broad SMARTS) is 1. The Labute approximate surface area is 183 Å². The number of hydrogen-bond acceptors (Lipinski definition) is 6. The lowest BCUT2D eigenvalue weighted by atomic mass is 10.1. The number of benzene rings is 2. The third-order valence-electron chi connectivity index (χ3n) is 4.48. The highest BCUT2D eigenvalue weighted by Gasteiger charge is 2.18. The average Bonchev–Trinajstić information content (AvgIpc) is 2.73. The predicted molar refractivity (Wildman–Crippen MR) is 119 cm³/mol. The van der Waals surface area contributed by atoms with E-state index >= 15 is 0 Å². The van der Waals surface area contributed by atoms with Crippen molar-refractivity contribution in [2.75, 3.05) is 32.1 Å². The molecule has 0 unspecified atom stereocenters. The molecule has 2 rings (SSSR count). The Kier molecular flexibility index (Phi) is 9.29. The molecule has 0 amide bonds. The summed E-state index contributed by atoms with van der Waals surface area (Å²) in [5.41, 5.74) is 1.23. The van der Waals surface area contributed by atoms with Crippen LogP contribution in [-0.4, -0.2) is 52.4 Å². The van der Waals surface area contributed by atoms with Crippen LogP contribution in [0.25, 0.3) is 0 Å². The Bertz CT molecular complexity index is 958. The van der Waals surface area contributed by atoms with E-state index in [0.717, 1.165) is 11.3 Å². The topological polar surface area (TPSA) is 114 Å². The first-order valence-corrected chi connectivity index (χ1v) is 11.6. The van der Waals surface area contributed by atoms with Gasteiger partial charge in [0.1, 0.15) is 5.75 Å². The predicted octanol–water partition coefficient (Wildman–Crippen LogP) is 3.14. The SMILES string of the molecule is COc1ccc(CCNS(=O)(=O)c2ccc(NCCCOC(C)C)c(C(=O)O)c2)cc1. The van der Waals surface area contributed by atoms with Crippen LogP contribution in [-0.2, 0) is 21.2 Å². The zero-order valence-electron chi connectivity index (χ0n) is 18.1. The number of methoxy groups -OCH3 is 1. The Morgan fingerprint density at radius 2 is 1.81 bits per heavy atom. The molecule has 0 saturated heterocycles. The maximum atomic E-state index is 12.6. The number of rotatable bonds is 13. The van der Waals surface area contributed by atoms with Crippen LogP contribution in [0.3, 0.4) is 0 Å². The lowest BCUT2D eigenvalue weighted by Crippen LogP contribution is -2.26. The minimum Gasteiger partial charge on any atom is -0.497 e. The number of anilines is 1. The zero-order valence-corrected chi connectivity index (χ0v) is 18.9. The minimum absolute atomic E-state index is 0.0895. The van der Waals surface area contributed by atoms with Crippen molar-refractivity contribution in [3.05, 3.63) is 53.6 Å². The highest BCUT2D eigenvalue weighted by atomic mass is 32.2. The van der Waals surface area contributed by atoms with E-state index in [1.165, 1.54) is 18.2 Å². The monoisotopic (exact) mass is 450 g/mol.